The molecule has 4 nitrogen and oxygen atoms in total. The number of carbonyl (C=O) groups is 1. The van der Waals surface area contributed by atoms with Crippen LogP contribution in [-0.4, -0.2) is 48.2 Å². The van der Waals surface area contributed by atoms with Crippen LogP contribution in [0.2, 0.25) is 0 Å². The summed E-state index contributed by atoms with van der Waals surface area (Å²) in [5, 5.41) is 3.27. The van der Waals surface area contributed by atoms with Crippen LogP contribution in [-0.2, 0) is 9.53 Å². The Hall–Kier alpha value is -0.610. The van der Waals surface area contributed by atoms with Crippen molar-refractivity contribution in [2.24, 2.45) is 5.92 Å². The summed E-state index contributed by atoms with van der Waals surface area (Å²) in [4.78, 5) is 14.1. The molecule has 1 aliphatic heterocycles. The van der Waals surface area contributed by atoms with E-state index in [1.807, 2.05) is 32.6 Å². The van der Waals surface area contributed by atoms with Crippen molar-refractivity contribution < 1.29 is 9.53 Å². The zero-order valence-corrected chi connectivity index (χ0v) is 12.1. The van der Waals surface area contributed by atoms with Crippen molar-refractivity contribution in [2.45, 2.75) is 51.7 Å². The first-order chi connectivity index (χ1) is 8.27. The molecule has 0 aromatic heterocycles. The minimum atomic E-state index is -0.256. The van der Waals surface area contributed by atoms with Crippen LogP contribution in [0.3, 0.4) is 0 Å². The summed E-state index contributed by atoms with van der Waals surface area (Å²) in [5.74, 6) is 1.01. The molecular weight excluding hydrogens is 228 g/mol. The molecule has 2 rings (SSSR count). The Kier molecular flexibility index (Phi) is 3.70. The molecule has 104 valence electrons. The van der Waals surface area contributed by atoms with Crippen molar-refractivity contribution >= 4 is 5.91 Å². The third kappa shape index (κ3) is 3.95. The summed E-state index contributed by atoms with van der Waals surface area (Å²) in [5.41, 5.74) is -0.512. The molecule has 0 radical (unpaired) electrons. The van der Waals surface area contributed by atoms with Crippen LogP contribution in [0.25, 0.3) is 0 Å². The topological polar surface area (TPSA) is 41.6 Å². The van der Waals surface area contributed by atoms with Gasteiger partial charge < -0.3 is 15.0 Å². The molecule has 2 fully saturated rings. The van der Waals surface area contributed by atoms with Crippen LogP contribution in [0.1, 0.15) is 40.5 Å². The molecule has 18 heavy (non-hydrogen) atoms. The highest BCUT2D eigenvalue weighted by atomic mass is 16.5. The van der Waals surface area contributed by atoms with E-state index in [9.17, 15) is 4.79 Å². The highest BCUT2D eigenvalue weighted by Crippen LogP contribution is 2.28. The van der Waals surface area contributed by atoms with Gasteiger partial charge in [0.05, 0.1) is 17.7 Å². The molecule has 0 unspecified atom stereocenters. The predicted octanol–water partition coefficient (Wildman–Crippen LogP) is 1.40. The molecule has 0 spiro atoms. The minimum absolute atomic E-state index is 0.195. The summed E-state index contributed by atoms with van der Waals surface area (Å²) in [6.45, 7) is 11.0. The fourth-order valence-corrected chi connectivity index (χ4v) is 2.78. The molecule has 1 heterocycles. The standard InChI is InChI=1S/C14H26N2O2/c1-13(2)9-16(10-14(3,4)18-13)12(17)8-15-7-11-5-6-11/h11,15H,5-10H2,1-4H3. The first-order valence-electron chi connectivity index (χ1n) is 6.96. The van der Waals surface area contributed by atoms with E-state index in [4.69, 9.17) is 4.74 Å². The Morgan fingerprint density at radius 2 is 1.78 bits per heavy atom. The Bertz CT molecular complexity index is 306. The lowest BCUT2D eigenvalue weighted by Gasteiger charge is -2.47. The quantitative estimate of drug-likeness (QED) is 0.824. The molecule has 0 atom stereocenters. The normalized spacial score (nSPS) is 26.1. The van der Waals surface area contributed by atoms with Crippen molar-refractivity contribution in [3.63, 3.8) is 0 Å². The summed E-state index contributed by atoms with van der Waals surface area (Å²) in [6.07, 6.45) is 2.64. The van der Waals surface area contributed by atoms with Gasteiger partial charge in [0.15, 0.2) is 0 Å². The zero-order valence-electron chi connectivity index (χ0n) is 12.1. The third-order valence-electron chi connectivity index (χ3n) is 3.45. The first-order valence-corrected chi connectivity index (χ1v) is 6.96. The highest BCUT2D eigenvalue weighted by Gasteiger charge is 2.39. The summed E-state index contributed by atoms with van der Waals surface area (Å²) in [7, 11) is 0. The van der Waals surface area contributed by atoms with Crippen molar-refractivity contribution in [1.29, 1.82) is 0 Å². The highest BCUT2D eigenvalue weighted by molar-refractivity contribution is 5.78. The SMILES string of the molecule is CC1(C)CN(C(=O)CNCC2CC2)CC(C)(C)O1. The van der Waals surface area contributed by atoms with Gasteiger partial charge in [0.1, 0.15) is 0 Å². The fourth-order valence-electron chi connectivity index (χ4n) is 2.78. The maximum absolute atomic E-state index is 12.2. The number of hydrogen-bond acceptors (Lipinski definition) is 3. The number of nitrogens with zero attached hydrogens (tertiary/aromatic N) is 1. The smallest absolute Gasteiger partial charge is 0.236 e. The van der Waals surface area contributed by atoms with E-state index < -0.39 is 0 Å². The second kappa shape index (κ2) is 4.82. The molecule has 2 aliphatic rings. The molecule has 0 bridgehead atoms. The third-order valence-corrected chi connectivity index (χ3v) is 3.45. The molecule has 1 saturated carbocycles. The lowest BCUT2D eigenvalue weighted by molar-refractivity contribution is -0.187. The van der Waals surface area contributed by atoms with Crippen LogP contribution in [0.4, 0.5) is 0 Å². The van der Waals surface area contributed by atoms with Crippen molar-refractivity contribution in [1.82, 2.24) is 10.2 Å². The Morgan fingerprint density at radius 1 is 1.22 bits per heavy atom. The second-order valence-electron chi connectivity index (χ2n) is 6.95. The van der Waals surface area contributed by atoms with E-state index >= 15 is 0 Å². The van der Waals surface area contributed by atoms with Crippen LogP contribution in [0.5, 0.6) is 0 Å². The summed E-state index contributed by atoms with van der Waals surface area (Å²) in [6, 6.07) is 0. The van der Waals surface area contributed by atoms with Crippen LogP contribution in [0.15, 0.2) is 0 Å². The van der Waals surface area contributed by atoms with Crippen LogP contribution >= 0.6 is 0 Å². The van der Waals surface area contributed by atoms with Gasteiger partial charge in [-0.3, -0.25) is 4.79 Å². The van der Waals surface area contributed by atoms with Crippen LogP contribution < -0.4 is 5.32 Å². The lowest BCUT2D eigenvalue weighted by atomic mass is 9.99. The Balaban J connectivity index is 1.83. The summed E-state index contributed by atoms with van der Waals surface area (Å²) >= 11 is 0. The fraction of sp³-hybridized carbons (Fsp3) is 0.929. The van der Waals surface area contributed by atoms with Gasteiger partial charge in [-0.2, -0.15) is 0 Å². The minimum Gasteiger partial charge on any atom is -0.366 e. The van der Waals surface area contributed by atoms with E-state index in [2.05, 4.69) is 5.32 Å². The second-order valence-corrected chi connectivity index (χ2v) is 6.95. The van der Waals surface area contributed by atoms with Gasteiger partial charge in [0.2, 0.25) is 5.91 Å². The number of ether oxygens (including phenoxy) is 1. The lowest BCUT2D eigenvalue weighted by Crippen LogP contribution is -2.59. The number of amides is 1. The van der Waals surface area contributed by atoms with Crippen LogP contribution in [0, 0.1) is 5.92 Å². The first kappa shape index (κ1) is 13.8. The van der Waals surface area contributed by atoms with Gasteiger partial charge in [0, 0.05) is 13.1 Å². The number of carbonyl (C=O) groups excluding carboxylic acids is 1. The maximum atomic E-state index is 12.2. The number of nitrogens with one attached hydrogen (secondary N) is 1. The van der Waals surface area contributed by atoms with Gasteiger partial charge >= 0.3 is 0 Å². The molecule has 4 heteroatoms. The Labute approximate surface area is 110 Å². The largest absolute Gasteiger partial charge is 0.366 e. The molecule has 1 N–H and O–H groups in total. The predicted molar refractivity (Wildman–Crippen MR) is 71.4 cm³/mol. The molecule has 1 aliphatic carbocycles. The molecule has 1 saturated heterocycles. The zero-order chi connectivity index (χ0) is 13.4. The monoisotopic (exact) mass is 254 g/mol. The maximum Gasteiger partial charge on any atom is 0.236 e. The number of rotatable bonds is 4. The van der Waals surface area contributed by atoms with Gasteiger partial charge in [-0.05, 0) is 53.0 Å². The van der Waals surface area contributed by atoms with E-state index in [-0.39, 0.29) is 17.1 Å². The number of hydrogen-bond donors (Lipinski definition) is 1. The van der Waals surface area contributed by atoms with Gasteiger partial charge in [-0.15, -0.1) is 0 Å². The van der Waals surface area contributed by atoms with E-state index in [1.54, 1.807) is 0 Å². The summed E-state index contributed by atoms with van der Waals surface area (Å²) < 4.78 is 5.98. The van der Waals surface area contributed by atoms with Crippen molar-refractivity contribution in [3.05, 3.63) is 0 Å². The average molecular weight is 254 g/mol. The number of morpholine rings is 1. The average Bonchev–Trinajstić information content (AvgIpc) is 2.96. The molecular formula is C14H26N2O2. The van der Waals surface area contributed by atoms with Gasteiger partial charge in [0.25, 0.3) is 0 Å². The van der Waals surface area contributed by atoms with E-state index in [0.29, 0.717) is 19.6 Å². The molecule has 1 amide bonds. The van der Waals surface area contributed by atoms with Gasteiger partial charge in [-0.25, -0.2) is 0 Å². The van der Waals surface area contributed by atoms with E-state index in [0.717, 1.165) is 12.5 Å². The van der Waals surface area contributed by atoms with Crippen molar-refractivity contribution in [2.75, 3.05) is 26.2 Å². The van der Waals surface area contributed by atoms with Gasteiger partial charge in [-0.1, -0.05) is 0 Å². The van der Waals surface area contributed by atoms with E-state index in [1.165, 1.54) is 12.8 Å². The molecule has 0 aromatic rings. The molecule has 0 aromatic carbocycles. The van der Waals surface area contributed by atoms with Crippen molar-refractivity contribution in [3.8, 4) is 0 Å². The Morgan fingerprint density at radius 3 is 2.28 bits per heavy atom.